The van der Waals surface area contributed by atoms with Gasteiger partial charge in [-0.1, -0.05) is 30.3 Å². The Morgan fingerprint density at radius 3 is 2.36 bits per heavy atom. The quantitative estimate of drug-likeness (QED) is 0.558. The molecule has 1 fully saturated rings. The zero-order valence-corrected chi connectivity index (χ0v) is 18.5. The van der Waals surface area contributed by atoms with E-state index in [1.807, 2.05) is 30.3 Å². The third-order valence-electron chi connectivity index (χ3n) is 5.35. The molecule has 0 spiro atoms. The first-order valence-corrected chi connectivity index (χ1v) is 10.8. The highest BCUT2D eigenvalue weighted by Crippen LogP contribution is 2.20. The molecule has 0 bridgehead atoms. The van der Waals surface area contributed by atoms with Crippen molar-refractivity contribution in [2.75, 3.05) is 37.4 Å². The minimum atomic E-state index is -0.514. The summed E-state index contributed by atoms with van der Waals surface area (Å²) in [6, 6.07) is 15.9. The van der Waals surface area contributed by atoms with Crippen LogP contribution < -0.4 is 16.0 Å². The molecule has 0 aliphatic carbocycles. The van der Waals surface area contributed by atoms with E-state index in [0.29, 0.717) is 30.9 Å². The number of benzene rings is 2. The molecule has 1 atom stereocenters. The van der Waals surface area contributed by atoms with E-state index in [1.54, 1.807) is 29.2 Å². The monoisotopic (exact) mass is 452 g/mol. The molecule has 1 unspecified atom stereocenters. The lowest BCUT2D eigenvalue weighted by molar-refractivity contribution is -0.141. The van der Waals surface area contributed by atoms with Crippen molar-refractivity contribution in [3.8, 4) is 0 Å². The van der Waals surface area contributed by atoms with E-state index in [9.17, 15) is 19.2 Å². The van der Waals surface area contributed by atoms with Crippen LogP contribution in [0.15, 0.2) is 54.6 Å². The molecule has 174 valence electrons. The summed E-state index contributed by atoms with van der Waals surface area (Å²) in [5.74, 6) is -1.26. The number of amides is 4. The molecule has 33 heavy (non-hydrogen) atoms. The van der Waals surface area contributed by atoms with Crippen LogP contribution in [-0.2, 0) is 25.5 Å². The fraction of sp³-hybridized carbons (Fsp3) is 0.333. The molecule has 2 aromatic rings. The number of urea groups is 1. The summed E-state index contributed by atoms with van der Waals surface area (Å²) in [6.45, 7) is 0.781. The van der Waals surface area contributed by atoms with Crippen LogP contribution in [0.4, 0.5) is 16.2 Å². The summed E-state index contributed by atoms with van der Waals surface area (Å²) in [7, 11) is 1.26. The Balaban J connectivity index is 1.48. The summed E-state index contributed by atoms with van der Waals surface area (Å²) >= 11 is 0. The second kappa shape index (κ2) is 11.7. The van der Waals surface area contributed by atoms with Crippen LogP contribution in [-0.4, -0.2) is 55.5 Å². The van der Waals surface area contributed by atoms with Crippen molar-refractivity contribution in [3.63, 3.8) is 0 Å². The van der Waals surface area contributed by atoms with Gasteiger partial charge in [-0.15, -0.1) is 0 Å². The number of rotatable bonds is 7. The van der Waals surface area contributed by atoms with E-state index in [2.05, 4.69) is 20.7 Å². The largest absolute Gasteiger partial charge is 0.468 e. The smallest absolute Gasteiger partial charge is 0.325 e. The van der Waals surface area contributed by atoms with Crippen LogP contribution in [0.25, 0.3) is 0 Å². The van der Waals surface area contributed by atoms with Crippen molar-refractivity contribution in [1.29, 1.82) is 0 Å². The molecule has 9 nitrogen and oxygen atoms in total. The fourth-order valence-electron chi connectivity index (χ4n) is 3.54. The highest BCUT2D eigenvalue weighted by Gasteiger charge is 2.28. The number of nitrogens with one attached hydrogen (secondary N) is 3. The molecule has 1 saturated heterocycles. The first-order chi connectivity index (χ1) is 15.9. The normalized spacial score (nSPS) is 15.3. The number of methoxy groups -OCH3 is 1. The highest BCUT2D eigenvalue weighted by molar-refractivity contribution is 5.94. The summed E-state index contributed by atoms with van der Waals surface area (Å²) in [6.07, 6.45) is 1.57. The molecule has 1 aliphatic rings. The average molecular weight is 453 g/mol. The van der Waals surface area contributed by atoms with Gasteiger partial charge in [-0.05, 0) is 42.7 Å². The summed E-state index contributed by atoms with van der Waals surface area (Å²) < 4.78 is 4.48. The predicted octanol–water partition coefficient (Wildman–Crippen LogP) is 2.40. The number of carbonyl (C=O) groups excluding carboxylic acids is 4. The van der Waals surface area contributed by atoms with Crippen molar-refractivity contribution in [3.05, 3.63) is 60.2 Å². The number of anilines is 2. The molecular formula is C24H28N4O5. The van der Waals surface area contributed by atoms with E-state index in [4.69, 9.17) is 0 Å². The van der Waals surface area contributed by atoms with Crippen LogP contribution in [0, 0.1) is 5.92 Å². The van der Waals surface area contributed by atoms with Crippen LogP contribution in [0.1, 0.15) is 18.4 Å². The van der Waals surface area contributed by atoms with Gasteiger partial charge in [-0.2, -0.15) is 0 Å². The first kappa shape index (κ1) is 23.8. The Hall–Kier alpha value is -3.88. The first-order valence-electron chi connectivity index (χ1n) is 10.8. The van der Waals surface area contributed by atoms with Crippen LogP contribution in [0.2, 0.25) is 0 Å². The second-order valence-electron chi connectivity index (χ2n) is 7.80. The molecule has 1 heterocycles. The SMILES string of the molecule is COC(=O)CNC(=O)Cc1ccc(NC(=O)C2CCCN(C(=O)Nc3ccccc3)C2)cc1. The van der Waals surface area contributed by atoms with Gasteiger partial charge in [0.2, 0.25) is 11.8 Å². The summed E-state index contributed by atoms with van der Waals surface area (Å²) in [5, 5.41) is 8.23. The summed E-state index contributed by atoms with van der Waals surface area (Å²) in [5.41, 5.74) is 2.08. The Bertz CT molecular complexity index is 978. The molecule has 0 saturated carbocycles. The van der Waals surface area contributed by atoms with Gasteiger partial charge in [0.25, 0.3) is 0 Å². The van der Waals surface area contributed by atoms with Gasteiger partial charge in [0.05, 0.1) is 19.4 Å². The van der Waals surface area contributed by atoms with Gasteiger partial charge < -0.3 is 25.6 Å². The van der Waals surface area contributed by atoms with Gasteiger partial charge in [0, 0.05) is 24.5 Å². The maximum Gasteiger partial charge on any atom is 0.325 e. The number of hydrogen-bond acceptors (Lipinski definition) is 5. The number of carbonyl (C=O) groups is 4. The van der Waals surface area contributed by atoms with Crippen molar-refractivity contribution in [2.45, 2.75) is 19.3 Å². The van der Waals surface area contributed by atoms with Crippen LogP contribution in [0.3, 0.4) is 0 Å². The number of para-hydroxylation sites is 1. The van der Waals surface area contributed by atoms with Gasteiger partial charge in [0.1, 0.15) is 6.54 Å². The van der Waals surface area contributed by atoms with Gasteiger partial charge >= 0.3 is 12.0 Å². The van der Waals surface area contributed by atoms with E-state index >= 15 is 0 Å². The molecular weight excluding hydrogens is 424 g/mol. The van der Waals surface area contributed by atoms with Crippen molar-refractivity contribution < 1.29 is 23.9 Å². The lowest BCUT2D eigenvalue weighted by Gasteiger charge is -2.32. The Morgan fingerprint density at radius 1 is 0.970 bits per heavy atom. The second-order valence-corrected chi connectivity index (χ2v) is 7.80. The van der Waals surface area contributed by atoms with Crippen LogP contribution >= 0.6 is 0 Å². The Labute approximate surface area is 192 Å². The molecule has 1 aliphatic heterocycles. The number of hydrogen-bond donors (Lipinski definition) is 3. The van der Waals surface area contributed by atoms with Crippen molar-refractivity contribution >= 4 is 35.2 Å². The average Bonchev–Trinajstić information content (AvgIpc) is 2.84. The van der Waals surface area contributed by atoms with E-state index in [0.717, 1.165) is 12.0 Å². The highest BCUT2D eigenvalue weighted by atomic mass is 16.5. The lowest BCUT2D eigenvalue weighted by atomic mass is 9.97. The predicted molar refractivity (Wildman–Crippen MR) is 124 cm³/mol. The number of likely N-dealkylation sites (tertiary alicyclic amines) is 1. The molecule has 3 N–H and O–H groups in total. The maximum absolute atomic E-state index is 12.8. The lowest BCUT2D eigenvalue weighted by Crippen LogP contribution is -2.45. The standard InChI is InChI=1S/C24H28N4O5/c1-33-22(30)15-25-21(29)14-17-9-11-20(12-10-17)26-23(31)18-6-5-13-28(16-18)24(32)27-19-7-3-2-4-8-19/h2-4,7-12,18H,5-6,13-16H2,1H3,(H,25,29)(H,26,31)(H,27,32). The van der Waals surface area contributed by atoms with E-state index in [-0.39, 0.29) is 36.7 Å². The van der Waals surface area contributed by atoms with Gasteiger partial charge in [0.15, 0.2) is 0 Å². The number of ether oxygens (including phenoxy) is 1. The number of esters is 1. The molecule has 4 amide bonds. The van der Waals surface area contributed by atoms with E-state index < -0.39 is 5.97 Å². The van der Waals surface area contributed by atoms with Crippen molar-refractivity contribution in [1.82, 2.24) is 10.2 Å². The number of piperidine rings is 1. The third kappa shape index (κ3) is 7.34. The maximum atomic E-state index is 12.8. The van der Waals surface area contributed by atoms with E-state index in [1.165, 1.54) is 7.11 Å². The number of nitrogens with zero attached hydrogens (tertiary/aromatic N) is 1. The molecule has 9 heteroatoms. The van der Waals surface area contributed by atoms with Gasteiger partial charge in [-0.25, -0.2) is 4.79 Å². The minimum absolute atomic E-state index is 0.110. The third-order valence-corrected chi connectivity index (χ3v) is 5.35. The zero-order chi connectivity index (χ0) is 23.6. The molecule has 0 aromatic heterocycles. The minimum Gasteiger partial charge on any atom is -0.468 e. The molecule has 0 radical (unpaired) electrons. The Morgan fingerprint density at radius 2 is 1.67 bits per heavy atom. The molecule has 3 rings (SSSR count). The zero-order valence-electron chi connectivity index (χ0n) is 18.5. The summed E-state index contributed by atoms with van der Waals surface area (Å²) in [4.78, 5) is 49.9. The topological polar surface area (TPSA) is 117 Å². The van der Waals surface area contributed by atoms with Crippen molar-refractivity contribution in [2.24, 2.45) is 5.92 Å². The fourth-order valence-corrected chi connectivity index (χ4v) is 3.54. The van der Waals surface area contributed by atoms with Crippen LogP contribution in [0.5, 0.6) is 0 Å². The molecule has 2 aromatic carbocycles. The Kier molecular flexibility index (Phi) is 8.40. The van der Waals surface area contributed by atoms with Gasteiger partial charge in [-0.3, -0.25) is 14.4 Å².